The van der Waals surface area contributed by atoms with Gasteiger partial charge in [-0.1, -0.05) is 17.7 Å². The van der Waals surface area contributed by atoms with E-state index in [1.54, 1.807) is 35.2 Å². The van der Waals surface area contributed by atoms with Gasteiger partial charge in [-0.25, -0.2) is 4.39 Å². The fourth-order valence-electron chi connectivity index (χ4n) is 2.92. The lowest BCUT2D eigenvalue weighted by Crippen LogP contribution is -2.48. The van der Waals surface area contributed by atoms with Crippen molar-refractivity contribution in [2.45, 2.75) is 6.54 Å². The molecule has 1 fully saturated rings. The summed E-state index contributed by atoms with van der Waals surface area (Å²) < 4.78 is 13.9. The van der Waals surface area contributed by atoms with Crippen LogP contribution >= 0.6 is 11.6 Å². The van der Waals surface area contributed by atoms with Gasteiger partial charge < -0.3 is 4.90 Å². The molecule has 0 N–H and O–H groups in total. The van der Waals surface area contributed by atoms with Gasteiger partial charge in [0.05, 0.1) is 11.6 Å². The van der Waals surface area contributed by atoms with Crippen molar-refractivity contribution in [3.8, 4) is 6.07 Å². The molecular formula is C19H17ClFN3O. The van der Waals surface area contributed by atoms with Gasteiger partial charge in [-0.05, 0) is 36.4 Å². The van der Waals surface area contributed by atoms with Crippen molar-refractivity contribution in [3.63, 3.8) is 0 Å². The number of piperazine rings is 1. The van der Waals surface area contributed by atoms with Gasteiger partial charge in [0.1, 0.15) is 5.82 Å². The number of nitriles is 1. The molecule has 0 spiro atoms. The molecule has 1 heterocycles. The fourth-order valence-corrected chi connectivity index (χ4v) is 3.11. The molecule has 0 bridgehead atoms. The summed E-state index contributed by atoms with van der Waals surface area (Å²) in [5.41, 5.74) is 1.54. The quantitative estimate of drug-likeness (QED) is 0.846. The molecule has 1 aliphatic rings. The van der Waals surface area contributed by atoms with E-state index >= 15 is 0 Å². The Bertz CT molecular complexity index is 826. The Balaban J connectivity index is 1.61. The SMILES string of the molecule is N#Cc1ccc(F)c(CN2CCN(C(=O)c3cccc(Cl)c3)CC2)c1. The number of nitrogens with zero attached hydrogens (tertiary/aromatic N) is 3. The van der Waals surface area contributed by atoms with Gasteiger partial charge in [-0.2, -0.15) is 5.26 Å². The number of amides is 1. The lowest BCUT2D eigenvalue weighted by Gasteiger charge is -2.34. The Morgan fingerprint density at radius 3 is 2.60 bits per heavy atom. The average molecular weight is 358 g/mol. The summed E-state index contributed by atoms with van der Waals surface area (Å²) in [7, 11) is 0. The van der Waals surface area contributed by atoms with Gasteiger partial charge in [0.2, 0.25) is 0 Å². The Labute approximate surface area is 151 Å². The van der Waals surface area contributed by atoms with Crippen molar-refractivity contribution >= 4 is 17.5 Å². The zero-order valence-corrected chi connectivity index (χ0v) is 14.3. The van der Waals surface area contributed by atoms with Crippen LogP contribution in [0, 0.1) is 17.1 Å². The molecule has 0 radical (unpaired) electrons. The minimum absolute atomic E-state index is 0.0418. The van der Waals surface area contributed by atoms with Crippen LogP contribution < -0.4 is 0 Å². The molecule has 128 valence electrons. The Kier molecular flexibility index (Phi) is 5.32. The summed E-state index contributed by atoms with van der Waals surface area (Å²) in [5, 5.41) is 9.48. The minimum atomic E-state index is -0.309. The molecule has 1 saturated heterocycles. The highest BCUT2D eigenvalue weighted by atomic mass is 35.5. The molecule has 3 rings (SSSR count). The van der Waals surface area contributed by atoms with Crippen LogP contribution in [0.2, 0.25) is 5.02 Å². The summed E-state index contributed by atoms with van der Waals surface area (Å²) in [6, 6.07) is 13.3. The normalized spacial score (nSPS) is 15.0. The van der Waals surface area contributed by atoms with E-state index in [2.05, 4.69) is 4.90 Å². The summed E-state index contributed by atoms with van der Waals surface area (Å²) in [4.78, 5) is 16.4. The first-order valence-electron chi connectivity index (χ1n) is 8.02. The zero-order chi connectivity index (χ0) is 17.8. The van der Waals surface area contributed by atoms with Gasteiger partial charge in [-0.15, -0.1) is 0 Å². The lowest BCUT2D eigenvalue weighted by molar-refractivity contribution is 0.0627. The van der Waals surface area contributed by atoms with Gasteiger partial charge >= 0.3 is 0 Å². The van der Waals surface area contributed by atoms with Crippen LogP contribution in [-0.4, -0.2) is 41.9 Å². The number of rotatable bonds is 3. The maximum atomic E-state index is 13.9. The van der Waals surface area contributed by atoms with E-state index < -0.39 is 0 Å². The topological polar surface area (TPSA) is 47.3 Å². The third kappa shape index (κ3) is 4.16. The summed E-state index contributed by atoms with van der Waals surface area (Å²) in [5.74, 6) is -0.351. The highest BCUT2D eigenvalue weighted by Gasteiger charge is 2.23. The van der Waals surface area contributed by atoms with Crippen LogP contribution in [0.4, 0.5) is 4.39 Å². The average Bonchev–Trinajstić information content (AvgIpc) is 2.63. The predicted octanol–water partition coefficient (Wildman–Crippen LogP) is 3.31. The van der Waals surface area contributed by atoms with Crippen molar-refractivity contribution < 1.29 is 9.18 Å². The molecule has 0 unspecified atom stereocenters. The predicted molar refractivity (Wildman–Crippen MR) is 93.7 cm³/mol. The monoisotopic (exact) mass is 357 g/mol. The number of benzene rings is 2. The second-order valence-corrected chi connectivity index (χ2v) is 6.43. The molecule has 2 aromatic carbocycles. The summed E-state index contributed by atoms with van der Waals surface area (Å²) in [6.07, 6.45) is 0. The first-order valence-corrected chi connectivity index (χ1v) is 8.40. The van der Waals surface area contributed by atoms with Crippen LogP contribution in [0.15, 0.2) is 42.5 Å². The maximum absolute atomic E-state index is 13.9. The highest BCUT2D eigenvalue weighted by Crippen LogP contribution is 2.17. The van der Waals surface area contributed by atoms with Crippen molar-refractivity contribution in [1.82, 2.24) is 9.80 Å². The van der Waals surface area contributed by atoms with E-state index in [4.69, 9.17) is 16.9 Å². The lowest BCUT2D eigenvalue weighted by atomic mass is 10.1. The first-order chi connectivity index (χ1) is 12.1. The van der Waals surface area contributed by atoms with Crippen molar-refractivity contribution in [3.05, 3.63) is 70.0 Å². The molecule has 6 heteroatoms. The van der Waals surface area contributed by atoms with Crippen molar-refractivity contribution in [1.29, 1.82) is 5.26 Å². The van der Waals surface area contributed by atoms with E-state index in [1.165, 1.54) is 12.1 Å². The Morgan fingerprint density at radius 2 is 1.92 bits per heavy atom. The molecule has 0 aromatic heterocycles. The molecule has 2 aromatic rings. The van der Waals surface area contributed by atoms with E-state index in [-0.39, 0.29) is 11.7 Å². The highest BCUT2D eigenvalue weighted by molar-refractivity contribution is 6.30. The van der Waals surface area contributed by atoms with Gasteiger partial charge in [0, 0.05) is 48.9 Å². The molecule has 4 nitrogen and oxygen atoms in total. The van der Waals surface area contributed by atoms with E-state index in [0.29, 0.717) is 54.4 Å². The fraction of sp³-hybridized carbons (Fsp3) is 0.263. The Hall–Kier alpha value is -2.42. The van der Waals surface area contributed by atoms with Crippen LogP contribution in [0.1, 0.15) is 21.5 Å². The van der Waals surface area contributed by atoms with E-state index in [1.807, 2.05) is 6.07 Å². The molecular weight excluding hydrogens is 341 g/mol. The van der Waals surface area contributed by atoms with E-state index in [9.17, 15) is 9.18 Å². The summed E-state index contributed by atoms with van der Waals surface area (Å²) >= 11 is 5.94. The van der Waals surface area contributed by atoms with Crippen LogP contribution in [0.3, 0.4) is 0 Å². The smallest absolute Gasteiger partial charge is 0.253 e. The second kappa shape index (κ2) is 7.64. The first kappa shape index (κ1) is 17.4. The van der Waals surface area contributed by atoms with Crippen LogP contribution in [0.25, 0.3) is 0 Å². The van der Waals surface area contributed by atoms with Crippen molar-refractivity contribution in [2.75, 3.05) is 26.2 Å². The van der Waals surface area contributed by atoms with Crippen LogP contribution in [0.5, 0.6) is 0 Å². The van der Waals surface area contributed by atoms with Crippen LogP contribution in [-0.2, 0) is 6.54 Å². The number of halogens is 2. The molecule has 0 aliphatic carbocycles. The minimum Gasteiger partial charge on any atom is -0.336 e. The molecule has 0 saturated carbocycles. The van der Waals surface area contributed by atoms with E-state index in [0.717, 1.165) is 0 Å². The number of carbonyl (C=O) groups is 1. The van der Waals surface area contributed by atoms with Gasteiger partial charge in [-0.3, -0.25) is 9.69 Å². The molecule has 1 aliphatic heterocycles. The molecule has 1 amide bonds. The largest absolute Gasteiger partial charge is 0.336 e. The van der Waals surface area contributed by atoms with Crippen molar-refractivity contribution in [2.24, 2.45) is 0 Å². The summed E-state index contributed by atoms with van der Waals surface area (Å²) in [6.45, 7) is 2.89. The number of hydrogen-bond donors (Lipinski definition) is 0. The maximum Gasteiger partial charge on any atom is 0.253 e. The molecule has 0 atom stereocenters. The second-order valence-electron chi connectivity index (χ2n) is 6.00. The van der Waals surface area contributed by atoms with Gasteiger partial charge in [0.25, 0.3) is 5.91 Å². The third-order valence-electron chi connectivity index (χ3n) is 4.30. The molecule has 25 heavy (non-hydrogen) atoms. The number of hydrogen-bond acceptors (Lipinski definition) is 3. The van der Waals surface area contributed by atoms with Gasteiger partial charge in [0.15, 0.2) is 0 Å². The zero-order valence-electron chi connectivity index (χ0n) is 13.6. The third-order valence-corrected chi connectivity index (χ3v) is 4.53. The standard InChI is InChI=1S/C19H17ClFN3O/c20-17-3-1-2-15(11-17)19(25)24-8-6-23(7-9-24)13-16-10-14(12-22)4-5-18(16)21/h1-5,10-11H,6-9,13H2. The Morgan fingerprint density at radius 1 is 1.16 bits per heavy atom. The number of carbonyl (C=O) groups excluding carboxylic acids is 1.